The molecule has 0 fully saturated rings. The lowest BCUT2D eigenvalue weighted by atomic mass is 10.2. The van der Waals surface area contributed by atoms with Crippen LogP contribution in [-0.4, -0.2) is 14.2 Å². The van der Waals surface area contributed by atoms with Crippen molar-refractivity contribution in [1.82, 2.24) is 0 Å². The molecule has 3 nitrogen and oxygen atoms in total. The van der Waals surface area contributed by atoms with Crippen molar-refractivity contribution in [2.75, 3.05) is 24.8 Å². The number of ether oxygens (including phenoxy) is 1. The van der Waals surface area contributed by atoms with Gasteiger partial charge in [0.1, 0.15) is 0 Å². The molecule has 0 aliphatic rings. The molecule has 2 aromatic rings. The molecule has 100 valence electrons. The zero-order chi connectivity index (χ0) is 13.7. The number of nitrogens with one attached hydrogen (secondary N) is 2. The fourth-order valence-electron chi connectivity index (χ4n) is 1.82. The van der Waals surface area contributed by atoms with Crippen molar-refractivity contribution in [2.24, 2.45) is 0 Å². The highest BCUT2D eigenvalue weighted by Crippen LogP contribution is 2.21. The third-order valence-electron chi connectivity index (χ3n) is 2.86. The van der Waals surface area contributed by atoms with Gasteiger partial charge >= 0.3 is 0 Å². The van der Waals surface area contributed by atoms with Crippen LogP contribution in [0, 0.1) is 5.82 Å². The first-order valence-corrected chi connectivity index (χ1v) is 6.07. The lowest BCUT2D eigenvalue weighted by molar-refractivity contribution is 0.386. The minimum atomic E-state index is -0.364. The molecule has 19 heavy (non-hydrogen) atoms. The molecule has 0 bridgehead atoms. The lowest BCUT2D eigenvalue weighted by Crippen LogP contribution is -2.01. The molecule has 0 aromatic heterocycles. The summed E-state index contributed by atoms with van der Waals surface area (Å²) in [6.07, 6.45) is 0. The predicted molar refractivity (Wildman–Crippen MR) is 76.3 cm³/mol. The summed E-state index contributed by atoms with van der Waals surface area (Å²) in [5, 5.41) is 6.27. The zero-order valence-corrected chi connectivity index (χ0v) is 11.0. The molecule has 2 N–H and O–H groups in total. The van der Waals surface area contributed by atoms with Crippen molar-refractivity contribution in [3.05, 3.63) is 53.8 Å². The number of anilines is 2. The van der Waals surface area contributed by atoms with Crippen LogP contribution in [0.2, 0.25) is 0 Å². The molecule has 0 saturated heterocycles. The average molecular weight is 260 g/mol. The second kappa shape index (κ2) is 6.09. The van der Waals surface area contributed by atoms with Crippen LogP contribution in [0.15, 0.2) is 42.5 Å². The Bertz CT molecular complexity index is 558. The zero-order valence-electron chi connectivity index (χ0n) is 11.0. The third kappa shape index (κ3) is 3.37. The molecule has 2 aromatic carbocycles. The van der Waals surface area contributed by atoms with E-state index in [1.54, 1.807) is 12.1 Å². The number of halogens is 1. The number of hydrogen-bond donors (Lipinski definition) is 2. The van der Waals surface area contributed by atoms with Gasteiger partial charge in [-0.1, -0.05) is 12.1 Å². The monoisotopic (exact) mass is 260 g/mol. The SMILES string of the molecule is CNc1cccc(CNc2ccc(OC)c(F)c2)c1. The van der Waals surface area contributed by atoms with Crippen LogP contribution in [-0.2, 0) is 6.54 Å². The molecule has 0 aliphatic heterocycles. The van der Waals surface area contributed by atoms with E-state index in [1.165, 1.54) is 13.2 Å². The summed E-state index contributed by atoms with van der Waals surface area (Å²) in [5.41, 5.74) is 2.91. The summed E-state index contributed by atoms with van der Waals surface area (Å²) >= 11 is 0. The molecule has 4 heteroatoms. The van der Waals surface area contributed by atoms with E-state index in [-0.39, 0.29) is 11.6 Å². The highest BCUT2D eigenvalue weighted by molar-refractivity contribution is 5.49. The molecule has 0 spiro atoms. The van der Waals surface area contributed by atoms with E-state index in [2.05, 4.69) is 10.6 Å². The van der Waals surface area contributed by atoms with E-state index in [1.807, 2.05) is 31.3 Å². The van der Waals surface area contributed by atoms with Gasteiger partial charge in [-0.2, -0.15) is 0 Å². The molecule has 0 saturated carbocycles. The highest BCUT2D eigenvalue weighted by Gasteiger charge is 2.03. The van der Waals surface area contributed by atoms with Crippen LogP contribution < -0.4 is 15.4 Å². The Labute approximate surface area is 112 Å². The minimum absolute atomic E-state index is 0.253. The van der Waals surface area contributed by atoms with Crippen LogP contribution in [0.4, 0.5) is 15.8 Å². The third-order valence-corrected chi connectivity index (χ3v) is 2.86. The topological polar surface area (TPSA) is 33.3 Å². The van der Waals surface area contributed by atoms with Gasteiger partial charge in [-0.3, -0.25) is 0 Å². The van der Waals surface area contributed by atoms with Crippen molar-refractivity contribution >= 4 is 11.4 Å². The summed E-state index contributed by atoms with van der Waals surface area (Å²) in [6.45, 7) is 0.640. The molecule has 0 aliphatic carbocycles. The first-order valence-electron chi connectivity index (χ1n) is 6.07. The normalized spacial score (nSPS) is 10.1. The van der Waals surface area contributed by atoms with Crippen LogP contribution in [0.25, 0.3) is 0 Å². The van der Waals surface area contributed by atoms with Gasteiger partial charge in [0.05, 0.1) is 7.11 Å². The standard InChI is InChI=1S/C15H17FN2O/c1-17-12-5-3-4-11(8-12)10-18-13-6-7-15(19-2)14(16)9-13/h3-9,17-18H,10H2,1-2H3. The summed E-state index contributed by atoms with van der Waals surface area (Å²) < 4.78 is 18.4. The fraction of sp³-hybridized carbons (Fsp3) is 0.200. The van der Waals surface area contributed by atoms with Gasteiger partial charge in [-0.05, 0) is 29.8 Å². The molecule has 0 unspecified atom stereocenters. The first-order chi connectivity index (χ1) is 9.22. The van der Waals surface area contributed by atoms with Crippen molar-refractivity contribution in [3.8, 4) is 5.75 Å². The molecule has 2 rings (SSSR count). The van der Waals surface area contributed by atoms with Gasteiger partial charge in [0.25, 0.3) is 0 Å². The van der Waals surface area contributed by atoms with E-state index in [9.17, 15) is 4.39 Å². The Morgan fingerprint density at radius 1 is 1.11 bits per heavy atom. The van der Waals surface area contributed by atoms with Gasteiger partial charge in [-0.25, -0.2) is 4.39 Å². The quantitative estimate of drug-likeness (QED) is 0.863. The van der Waals surface area contributed by atoms with Gasteiger partial charge in [0.2, 0.25) is 0 Å². The Balaban J connectivity index is 2.03. The van der Waals surface area contributed by atoms with Crippen LogP contribution in [0.3, 0.4) is 0 Å². The van der Waals surface area contributed by atoms with E-state index in [4.69, 9.17) is 4.74 Å². The Morgan fingerprint density at radius 2 is 1.95 bits per heavy atom. The molecule has 0 radical (unpaired) electrons. The fourth-order valence-corrected chi connectivity index (χ4v) is 1.82. The van der Waals surface area contributed by atoms with Crippen LogP contribution >= 0.6 is 0 Å². The summed E-state index contributed by atoms with van der Waals surface area (Å²) in [6, 6.07) is 12.9. The van der Waals surface area contributed by atoms with Crippen LogP contribution in [0.1, 0.15) is 5.56 Å². The van der Waals surface area contributed by atoms with E-state index < -0.39 is 0 Å². The summed E-state index contributed by atoms with van der Waals surface area (Å²) in [7, 11) is 3.33. The van der Waals surface area contributed by atoms with E-state index >= 15 is 0 Å². The Morgan fingerprint density at radius 3 is 2.63 bits per heavy atom. The van der Waals surface area contributed by atoms with E-state index in [0.29, 0.717) is 6.54 Å². The molecular formula is C15H17FN2O. The average Bonchev–Trinajstić information content (AvgIpc) is 2.45. The van der Waals surface area contributed by atoms with Crippen molar-refractivity contribution in [2.45, 2.75) is 6.54 Å². The molecule has 0 amide bonds. The van der Waals surface area contributed by atoms with Crippen molar-refractivity contribution in [3.63, 3.8) is 0 Å². The van der Waals surface area contributed by atoms with Gasteiger partial charge in [0, 0.05) is 31.0 Å². The number of hydrogen-bond acceptors (Lipinski definition) is 3. The van der Waals surface area contributed by atoms with Gasteiger partial charge < -0.3 is 15.4 Å². The first kappa shape index (κ1) is 13.2. The largest absolute Gasteiger partial charge is 0.494 e. The Kier molecular flexibility index (Phi) is 4.23. The number of rotatable bonds is 5. The Hall–Kier alpha value is -2.23. The van der Waals surface area contributed by atoms with Crippen molar-refractivity contribution in [1.29, 1.82) is 0 Å². The lowest BCUT2D eigenvalue weighted by Gasteiger charge is -2.09. The maximum Gasteiger partial charge on any atom is 0.167 e. The van der Waals surface area contributed by atoms with Gasteiger partial charge in [-0.15, -0.1) is 0 Å². The number of benzene rings is 2. The second-order valence-corrected chi connectivity index (χ2v) is 4.15. The molecule has 0 atom stereocenters. The molecule has 0 heterocycles. The number of methoxy groups -OCH3 is 1. The highest BCUT2D eigenvalue weighted by atomic mass is 19.1. The minimum Gasteiger partial charge on any atom is -0.494 e. The summed E-state index contributed by atoms with van der Waals surface area (Å²) in [5.74, 6) is -0.112. The maximum absolute atomic E-state index is 13.5. The van der Waals surface area contributed by atoms with Gasteiger partial charge in [0.15, 0.2) is 11.6 Å². The smallest absolute Gasteiger partial charge is 0.167 e. The predicted octanol–water partition coefficient (Wildman–Crippen LogP) is 3.49. The molecular weight excluding hydrogens is 243 g/mol. The van der Waals surface area contributed by atoms with E-state index in [0.717, 1.165) is 16.9 Å². The maximum atomic E-state index is 13.5. The summed E-state index contributed by atoms with van der Waals surface area (Å²) in [4.78, 5) is 0. The van der Waals surface area contributed by atoms with Crippen molar-refractivity contribution < 1.29 is 9.13 Å². The van der Waals surface area contributed by atoms with Crippen LogP contribution in [0.5, 0.6) is 5.75 Å². The second-order valence-electron chi connectivity index (χ2n) is 4.15.